The van der Waals surface area contributed by atoms with E-state index in [4.69, 9.17) is 26.8 Å². The van der Waals surface area contributed by atoms with Crippen molar-refractivity contribution in [1.82, 2.24) is 0 Å². The largest absolute Gasteiger partial charge is 0.486 e. The molecule has 1 aliphatic carbocycles. The molecule has 3 nitrogen and oxygen atoms in total. The Hall–Kier alpha value is -0.930. The molecule has 2 N–H and O–H groups in total. The molecule has 1 saturated carbocycles. The van der Waals surface area contributed by atoms with E-state index in [-0.39, 0.29) is 5.54 Å². The quantitative estimate of drug-likeness (QED) is 0.898. The summed E-state index contributed by atoms with van der Waals surface area (Å²) in [6.45, 7) is 5.48. The Morgan fingerprint density at radius 2 is 1.85 bits per heavy atom. The van der Waals surface area contributed by atoms with Crippen LogP contribution in [0.25, 0.3) is 0 Å². The molecule has 1 aliphatic heterocycles. The molecule has 0 aromatic heterocycles. The molecule has 3 rings (SSSR count). The first kappa shape index (κ1) is 14.0. The zero-order valence-corrected chi connectivity index (χ0v) is 12.9. The predicted molar refractivity (Wildman–Crippen MR) is 80.9 cm³/mol. The minimum absolute atomic E-state index is 0.306. The van der Waals surface area contributed by atoms with Crippen molar-refractivity contribution in [2.75, 3.05) is 13.2 Å². The maximum atomic E-state index is 6.67. The van der Waals surface area contributed by atoms with E-state index in [1.807, 2.05) is 6.07 Å². The van der Waals surface area contributed by atoms with Crippen LogP contribution in [-0.2, 0) is 5.54 Å². The van der Waals surface area contributed by atoms with Crippen molar-refractivity contribution in [2.24, 2.45) is 5.73 Å². The van der Waals surface area contributed by atoms with Crippen LogP contribution in [0.1, 0.15) is 56.6 Å². The smallest absolute Gasteiger partial charge is 0.165 e. The molecule has 0 amide bonds. The Morgan fingerprint density at radius 3 is 2.50 bits per heavy atom. The van der Waals surface area contributed by atoms with Gasteiger partial charge in [-0.05, 0) is 24.3 Å². The lowest BCUT2D eigenvalue weighted by atomic mass is 9.81. The van der Waals surface area contributed by atoms with E-state index in [0.29, 0.717) is 19.1 Å². The van der Waals surface area contributed by atoms with Crippen LogP contribution in [0.5, 0.6) is 11.5 Å². The summed E-state index contributed by atoms with van der Waals surface area (Å²) < 4.78 is 11.6. The molecule has 0 radical (unpaired) electrons. The predicted octanol–water partition coefficient (Wildman–Crippen LogP) is 3.96. The van der Waals surface area contributed by atoms with Gasteiger partial charge >= 0.3 is 0 Å². The second kappa shape index (κ2) is 5.12. The summed E-state index contributed by atoms with van der Waals surface area (Å²) in [5, 5.41) is 0.724. The molecule has 0 saturated heterocycles. The molecule has 0 unspecified atom stereocenters. The fourth-order valence-electron chi connectivity index (χ4n) is 3.49. The molecule has 1 heterocycles. The molecule has 0 bridgehead atoms. The molecule has 110 valence electrons. The SMILES string of the molecule is CC(C)c1c2c(cc(Cl)c1C1(N)CCCC1)OCCO2. The number of ether oxygens (including phenoxy) is 2. The van der Waals surface area contributed by atoms with Crippen molar-refractivity contribution >= 4 is 11.6 Å². The van der Waals surface area contributed by atoms with Gasteiger partial charge in [0.2, 0.25) is 0 Å². The van der Waals surface area contributed by atoms with Gasteiger partial charge in [0.25, 0.3) is 0 Å². The molecule has 20 heavy (non-hydrogen) atoms. The monoisotopic (exact) mass is 295 g/mol. The van der Waals surface area contributed by atoms with Crippen LogP contribution in [-0.4, -0.2) is 13.2 Å². The van der Waals surface area contributed by atoms with Gasteiger partial charge < -0.3 is 15.2 Å². The number of halogens is 1. The average Bonchev–Trinajstić information content (AvgIpc) is 2.84. The van der Waals surface area contributed by atoms with Gasteiger partial charge in [0.1, 0.15) is 13.2 Å². The van der Waals surface area contributed by atoms with Gasteiger partial charge in [-0.2, -0.15) is 0 Å². The fraction of sp³-hybridized carbons (Fsp3) is 0.625. The topological polar surface area (TPSA) is 44.5 Å². The van der Waals surface area contributed by atoms with E-state index >= 15 is 0 Å². The standard InChI is InChI=1S/C16H22ClNO2/c1-10(2)13-14(16(18)5-3-4-6-16)11(17)9-12-15(13)20-8-7-19-12/h9-10H,3-8,18H2,1-2H3. The highest BCUT2D eigenvalue weighted by Crippen LogP contribution is 2.50. The minimum Gasteiger partial charge on any atom is -0.486 e. The summed E-state index contributed by atoms with van der Waals surface area (Å²) in [4.78, 5) is 0. The lowest BCUT2D eigenvalue weighted by Crippen LogP contribution is -2.35. The van der Waals surface area contributed by atoms with Crippen LogP contribution < -0.4 is 15.2 Å². The van der Waals surface area contributed by atoms with Crippen LogP contribution in [0.2, 0.25) is 5.02 Å². The van der Waals surface area contributed by atoms with Crippen LogP contribution >= 0.6 is 11.6 Å². The normalized spacial score (nSPS) is 20.4. The van der Waals surface area contributed by atoms with Gasteiger partial charge in [0, 0.05) is 22.2 Å². The van der Waals surface area contributed by atoms with Crippen LogP contribution in [0.3, 0.4) is 0 Å². The van der Waals surface area contributed by atoms with Crippen molar-refractivity contribution in [2.45, 2.75) is 51.0 Å². The third kappa shape index (κ3) is 2.17. The molecule has 4 heteroatoms. The minimum atomic E-state index is -0.313. The van der Waals surface area contributed by atoms with E-state index in [1.165, 1.54) is 12.8 Å². The number of rotatable bonds is 2. The number of fused-ring (bicyclic) bond motifs is 1. The van der Waals surface area contributed by atoms with E-state index < -0.39 is 0 Å². The summed E-state index contributed by atoms with van der Waals surface area (Å²) in [7, 11) is 0. The van der Waals surface area contributed by atoms with Crippen LogP contribution in [0.4, 0.5) is 0 Å². The Balaban J connectivity index is 2.22. The van der Waals surface area contributed by atoms with Gasteiger partial charge in [-0.25, -0.2) is 0 Å². The lowest BCUT2D eigenvalue weighted by molar-refractivity contribution is 0.168. The van der Waals surface area contributed by atoms with Crippen molar-refractivity contribution in [1.29, 1.82) is 0 Å². The first-order valence-electron chi connectivity index (χ1n) is 7.44. The highest BCUT2D eigenvalue weighted by Gasteiger charge is 2.38. The third-order valence-electron chi connectivity index (χ3n) is 4.39. The van der Waals surface area contributed by atoms with E-state index in [9.17, 15) is 0 Å². The summed E-state index contributed by atoms with van der Waals surface area (Å²) in [5.74, 6) is 1.91. The van der Waals surface area contributed by atoms with Gasteiger partial charge in [-0.15, -0.1) is 0 Å². The molecule has 0 atom stereocenters. The summed E-state index contributed by atoms with van der Waals surface area (Å²) in [6, 6.07) is 1.88. The lowest BCUT2D eigenvalue weighted by Gasteiger charge is -2.33. The van der Waals surface area contributed by atoms with E-state index in [2.05, 4.69) is 13.8 Å². The van der Waals surface area contributed by atoms with E-state index in [0.717, 1.165) is 40.5 Å². The molecule has 1 aromatic carbocycles. The fourth-order valence-corrected chi connectivity index (χ4v) is 3.88. The summed E-state index contributed by atoms with van der Waals surface area (Å²) >= 11 is 6.56. The first-order valence-corrected chi connectivity index (χ1v) is 7.82. The van der Waals surface area contributed by atoms with Crippen LogP contribution in [0, 0.1) is 0 Å². The van der Waals surface area contributed by atoms with Crippen LogP contribution in [0.15, 0.2) is 6.07 Å². The maximum Gasteiger partial charge on any atom is 0.165 e. The summed E-state index contributed by atoms with van der Waals surface area (Å²) in [5.41, 5.74) is 8.57. The average molecular weight is 296 g/mol. The van der Waals surface area contributed by atoms with Gasteiger partial charge in [-0.1, -0.05) is 38.3 Å². The number of hydrogen-bond acceptors (Lipinski definition) is 3. The molecule has 1 aromatic rings. The second-order valence-electron chi connectivity index (χ2n) is 6.19. The van der Waals surface area contributed by atoms with Crippen molar-refractivity contribution in [3.8, 4) is 11.5 Å². The Kier molecular flexibility index (Phi) is 3.59. The zero-order valence-electron chi connectivity index (χ0n) is 12.2. The maximum absolute atomic E-state index is 6.67. The Morgan fingerprint density at radius 1 is 1.20 bits per heavy atom. The molecule has 2 aliphatic rings. The van der Waals surface area contributed by atoms with Crippen molar-refractivity contribution < 1.29 is 9.47 Å². The van der Waals surface area contributed by atoms with E-state index in [1.54, 1.807) is 0 Å². The highest BCUT2D eigenvalue weighted by molar-refractivity contribution is 6.31. The molecular formula is C16H22ClNO2. The molecule has 1 fully saturated rings. The first-order chi connectivity index (χ1) is 9.53. The number of nitrogens with two attached hydrogens (primary N) is 1. The highest BCUT2D eigenvalue weighted by atomic mass is 35.5. The second-order valence-corrected chi connectivity index (χ2v) is 6.60. The summed E-state index contributed by atoms with van der Waals surface area (Å²) in [6.07, 6.45) is 4.32. The zero-order chi connectivity index (χ0) is 14.3. The molecular weight excluding hydrogens is 274 g/mol. The van der Waals surface area contributed by atoms with Crippen molar-refractivity contribution in [3.05, 3.63) is 22.2 Å². The third-order valence-corrected chi connectivity index (χ3v) is 4.69. The Labute approximate surface area is 125 Å². The Bertz CT molecular complexity index is 522. The van der Waals surface area contributed by atoms with Gasteiger partial charge in [0.05, 0.1) is 0 Å². The number of hydrogen-bond donors (Lipinski definition) is 1. The van der Waals surface area contributed by atoms with Gasteiger partial charge in [-0.3, -0.25) is 0 Å². The number of benzene rings is 1. The molecule has 0 spiro atoms. The van der Waals surface area contributed by atoms with Gasteiger partial charge in [0.15, 0.2) is 11.5 Å². The van der Waals surface area contributed by atoms with Crippen molar-refractivity contribution in [3.63, 3.8) is 0 Å².